The van der Waals surface area contributed by atoms with E-state index in [-0.39, 0.29) is 70.2 Å². The van der Waals surface area contributed by atoms with Crippen LogP contribution in [-0.4, -0.2) is 94.8 Å². The van der Waals surface area contributed by atoms with Crippen molar-refractivity contribution in [2.45, 2.75) is 69.8 Å². The van der Waals surface area contributed by atoms with E-state index >= 15 is 0 Å². The van der Waals surface area contributed by atoms with Gasteiger partial charge in [0.25, 0.3) is 0 Å². The average molecular weight is 945 g/mol. The van der Waals surface area contributed by atoms with Crippen LogP contribution in [0.2, 0.25) is 10.0 Å². The third kappa shape index (κ3) is 16.3. The fraction of sp³-hybridized carbons (Fsp3) is 0.357. The van der Waals surface area contributed by atoms with Crippen LogP contribution in [0.25, 0.3) is 0 Å². The largest absolute Gasteiger partial charge is 2.00 e. The third-order valence-corrected chi connectivity index (χ3v) is 11.9. The minimum atomic E-state index is -1.28. The van der Waals surface area contributed by atoms with E-state index < -0.39 is 32.3 Å². The molecule has 4 aromatic rings. The topological polar surface area (TPSA) is 118 Å². The number of carbonyl (C=O) groups excluding carboxylic acids is 2. The Bertz CT molecular complexity index is 1960. The Balaban J connectivity index is 0.000000341. The van der Waals surface area contributed by atoms with Crippen LogP contribution in [0.3, 0.4) is 0 Å². The van der Waals surface area contributed by atoms with Crippen LogP contribution in [0.1, 0.15) is 58.2 Å². The van der Waals surface area contributed by atoms with Crippen molar-refractivity contribution in [3.8, 4) is 0 Å². The van der Waals surface area contributed by atoms with Crippen molar-refractivity contribution in [1.29, 1.82) is 0 Å². The Labute approximate surface area is 384 Å². The van der Waals surface area contributed by atoms with Crippen molar-refractivity contribution in [3.63, 3.8) is 0 Å². The van der Waals surface area contributed by atoms with E-state index in [1.165, 1.54) is 0 Å². The second kappa shape index (κ2) is 23.8. The van der Waals surface area contributed by atoms with Crippen LogP contribution >= 0.6 is 23.2 Å². The number of hydrogen-bond acceptors (Lipinski definition) is 6. The molecule has 58 heavy (non-hydrogen) atoms. The number of likely N-dealkylation sites (tertiary alicyclic amines) is 2. The zero-order chi connectivity index (χ0) is 40.9. The maximum atomic E-state index is 12.7. The van der Waals surface area contributed by atoms with E-state index in [0.717, 1.165) is 27.4 Å². The number of carbonyl (C=O) groups is 2. The van der Waals surface area contributed by atoms with E-state index in [9.17, 15) is 18.0 Å². The van der Waals surface area contributed by atoms with Crippen molar-refractivity contribution in [3.05, 3.63) is 142 Å². The average Bonchev–Trinajstić information content (AvgIpc) is 3.13. The molecule has 2 fully saturated rings. The summed E-state index contributed by atoms with van der Waals surface area (Å²) in [4.78, 5) is 27.4. The molecule has 0 aromatic heterocycles. The zero-order valence-electron chi connectivity index (χ0n) is 33.6. The molecule has 2 saturated heterocycles. The zero-order valence-corrected chi connectivity index (χ0v) is 39.7. The number of amides is 2. The van der Waals surface area contributed by atoms with Crippen LogP contribution in [0.15, 0.2) is 114 Å². The van der Waals surface area contributed by atoms with Crippen LogP contribution < -0.4 is 21.7 Å². The summed E-state index contributed by atoms with van der Waals surface area (Å²) in [7, 11) is -2.55. The number of hydrogen-bond donors (Lipinski definition) is 1. The van der Waals surface area contributed by atoms with Gasteiger partial charge in [-0.15, -0.1) is 11.6 Å². The van der Waals surface area contributed by atoms with E-state index in [1.54, 1.807) is 46.2 Å². The second-order valence-corrected chi connectivity index (χ2v) is 19.8. The smallest absolute Gasteiger partial charge is 1.00 e. The molecule has 4 aromatic carbocycles. The first-order chi connectivity index (χ1) is 26.4. The van der Waals surface area contributed by atoms with E-state index in [2.05, 4.69) is 15.2 Å². The minimum Gasteiger partial charge on any atom is -1.00 e. The van der Waals surface area contributed by atoms with Gasteiger partial charge in [0, 0.05) is 18.1 Å². The molecule has 0 saturated carbocycles. The molecule has 308 valence electrons. The van der Waals surface area contributed by atoms with Crippen LogP contribution in [0, 0.1) is 6.07 Å². The molecule has 0 aliphatic carbocycles. The first kappa shape index (κ1) is 51.3. The number of nitrogens with one attached hydrogen (secondary N) is 1. The van der Waals surface area contributed by atoms with Gasteiger partial charge in [0.2, 0.25) is 0 Å². The molecule has 0 bridgehead atoms. The quantitative estimate of drug-likeness (QED) is 0.183. The molecule has 0 spiro atoms. The molecule has 6 rings (SSSR count). The van der Waals surface area contributed by atoms with E-state index in [4.69, 9.17) is 32.7 Å². The Morgan fingerprint density at radius 1 is 0.724 bits per heavy atom. The fourth-order valence-electron chi connectivity index (χ4n) is 4.96. The minimum absolute atomic E-state index is 0. The Hall–Kier alpha value is -2.82. The van der Waals surface area contributed by atoms with Crippen LogP contribution in [-0.2, 0) is 50.2 Å². The Morgan fingerprint density at radius 3 is 1.59 bits per heavy atom. The fourth-order valence-corrected chi connectivity index (χ4v) is 6.75. The number of ether oxygens (including phenoxy) is 2. The number of nitrogens with zero attached hydrogens (tertiary/aromatic N) is 3. The molecule has 2 aliphatic rings. The van der Waals surface area contributed by atoms with Gasteiger partial charge in [-0.25, -0.2) is 22.7 Å². The summed E-state index contributed by atoms with van der Waals surface area (Å²) in [5.74, 6) is 0. The third-order valence-electron chi connectivity index (χ3n) is 8.25. The monoisotopic (exact) mass is 942 g/mol. The number of halogens is 3. The number of benzene rings is 4. The molecule has 2 aliphatic heterocycles. The first-order valence-electron chi connectivity index (χ1n) is 17.9. The van der Waals surface area contributed by atoms with Crippen LogP contribution in [0.4, 0.5) is 9.59 Å². The van der Waals surface area contributed by atoms with Crippen molar-refractivity contribution in [1.82, 2.24) is 14.5 Å². The molecular formula is C42H49BrCl2MgN4O6S2. The van der Waals surface area contributed by atoms with Gasteiger partial charge in [-0.2, -0.15) is 34.7 Å². The predicted octanol–water partition coefficient (Wildman–Crippen LogP) is 5.54. The molecular weight excluding hydrogens is 896 g/mol. The number of rotatable bonds is 8. The van der Waals surface area contributed by atoms with Gasteiger partial charge in [0.1, 0.15) is 24.2 Å². The Kier molecular flexibility index (Phi) is 21.1. The first-order valence-corrected chi connectivity index (χ1v) is 20.9. The van der Waals surface area contributed by atoms with Crippen molar-refractivity contribution in [2.75, 3.05) is 26.2 Å². The van der Waals surface area contributed by atoms with Gasteiger partial charge in [-0.05, 0) is 70.4 Å². The molecule has 2 amide bonds. The summed E-state index contributed by atoms with van der Waals surface area (Å²) in [5, 5.41) is 1.40. The summed E-state index contributed by atoms with van der Waals surface area (Å²) in [6.07, 6.45) is -0.740. The molecule has 16 heteroatoms. The van der Waals surface area contributed by atoms with Crippen LogP contribution in [0.5, 0.6) is 0 Å². The second-order valence-electron chi connectivity index (χ2n) is 15.1. The summed E-state index contributed by atoms with van der Waals surface area (Å²) in [6.45, 7) is 13.4. The van der Waals surface area contributed by atoms with Gasteiger partial charge < -0.3 is 31.4 Å². The molecule has 0 radical (unpaired) electrons. The molecule has 10 nitrogen and oxygen atoms in total. The summed E-state index contributed by atoms with van der Waals surface area (Å²) in [5.41, 5.74) is 3.03. The molecule has 1 N–H and O–H groups in total. The summed E-state index contributed by atoms with van der Waals surface area (Å²) >= 11 is 11.5. The SMILES string of the molecule is CC(C)(C)S(=O)N=C1CN(C(=O)OCc2ccccc2)C1.CC(C)(C)S(=O)NC1(c2ccc(Cl)cc2)CN(C(=O)OCc2ccccc2)C1.Clc1cc[c-]cc1.[Br-].[Mg+2]. The molecule has 2 atom stereocenters. The van der Waals surface area contributed by atoms with Gasteiger partial charge >= 0.3 is 35.2 Å². The van der Waals surface area contributed by atoms with E-state index in [1.807, 2.05) is 114 Å². The maximum Gasteiger partial charge on any atom is 2.00 e. The van der Waals surface area contributed by atoms with Gasteiger partial charge in [-0.3, -0.25) is 4.90 Å². The van der Waals surface area contributed by atoms with Gasteiger partial charge in [-0.1, -0.05) is 89.4 Å². The molecule has 2 unspecified atom stereocenters. The van der Waals surface area contributed by atoms with Crippen molar-refractivity contribution in [2.24, 2.45) is 4.40 Å². The van der Waals surface area contributed by atoms with Gasteiger partial charge in [0.05, 0.1) is 44.8 Å². The van der Waals surface area contributed by atoms with Gasteiger partial charge in [0.15, 0.2) is 0 Å². The predicted molar refractivity (Wildman–Crippen MR) is 232 cm³/mol. The summed E-state index contributed by atoms with van der Waals surface area (Å²) in [6, 6.07) is 36.5. The van der Waals surface area contributed by atoms with E-state index in [0.29, 0.717) is 31.2 Å². The summed E-state index contributed by atoms with van der Waals surface area (Å²) < 4.78 is 41.8. The normalized spacial score (nSPS) is 15.1. The maximum absolute atomic E-state index is 12.7. The van der Waals surface area contributed by atoms with Crippen molar-refractivity contribution >= 4 is 86.1 Å². The Morgan fingerprint density at radius 2 is 1.17 bits per heavy atom. The van der Waals surface area contributed by atoms with Crippen molar-refractivity contribution < 1.29 is 44.5 Å². The standard InChI is InChI=1S/C21H25ClN2O3S.C15H20N2O3S.C6H4Cl.BrH.Mg/c1-20(2,3)28(26)23-21(17-9-11-18(22)12-10-17)14-24(15-21)19(25)27-13-16-7-5-4-6-8-16;1-15(2,3)21(19)16-13-9-17(10-13)14(18)20-11-12-7-5-4-6-8-12;7-6-4-2-1-3-5-6;;/h4-12,23H,13-15H2,1-3H3;4-8H,9-11H2,1-3H3;2-5H;1H;/q;;-1;;+2/p-1. The molecule has 2 heterocycles.